The zero-order valence-corrected chi connectivity index (χ0v) is 16.8. The van der Waals surface area contributed by atoms with Gasteiger partial charge in [-0.05, 0) is 74.0 Å². The standard InChI is InChI=1S/C18H33IO5/c19-18(20)15(24-17-11-5-8-14-23-17)9-3-1-2-6-12-21-16-10-4-7-13-22-16/h15-18,20H,1-14H2. The summed E-state index contributed by atoms with van der Waals surface area (Å²) in [6, 6.07) is 0. The molecule has 2 heterocycles. The van der Waals surface area contributed by atoms with E-state index in [0.717, 1.165) is 84.0 Å². The van der Waals surface area contributed by atoms with Crippen LogP contribution in [0.25, 0.3) is 0 Å². The van der Waals surface area contributed by atoms with Gasteiger partial charge in [0.1, 0.15) is 4.11 Å². The van der Waals surface area contributed by atoms with Crippen molar-refractivity contribution in [1.82, 2.24) is 0 Å². The topological polar surface area (TPSA) is 57.2 Å². The Morgan fingerprint density at radius 1 is 0.917 bits per heavy atom. The lowest BCUT2D eigenvalue weighted by Gasteiger charge is -2.28. The molecule has 4 unspecified atom stereocenters. The highest BCUT2D eigenvalue weighted by molar-refractivity contribution is 14.1. The Morgan fingerprint density at radius 2 is 1.58 bits per heavy atom. The van der Waals surface area contributed by atoms with Crippen molar-refractivity contribution in [2.24, 2.45) is 0 Å². The maximum Gasteiger partial charge on any atom is 0.158 e. The van der Waals surface area contributed by atoms with Crippen LogP contribution in [-0.2, 0) is 18.9 Å². The van der Waals surface area contributed by atoms with Crippen LogP contribution in [0.4, 0.5) is 0 Å². The Hall–Kier alpha value is 0.530. The monoisotopic (exact) mass is 456 g/mol. The molecule has 0 aromatic heterocycles. The lowest BCUT2D eigenvalue weighted by atomic mass is 10.1. The molecular formula is C18H33IO5. The van der Waals surface area contributed by atoms with Gasteiger partial charge in [-0.3, -0.25) is 0 Å². The van der Waals surface area contributed by atoms with Crippen LogP contribution < -0.4 is 0 Å². The van der Waals surface area contributed by atoms with Crippen molar-refractivity contribution in [3.63, 3.8) is 0 Å². The van der Waals surface area contributed by atoms with Crippen LogP contribution in [0.5, 0.6) is 0 Å². The summed E-state index contributed by atoms with van der Waals surface area (Å²) in [6.07, 6.45) is 11.7. The first-order valence-electron chi connectivity index (χ1n) is 9.58. The smallest absolute Gasteiger partial charge is 0.158 e. The van der Waals surface area contributed by atoms with Crippen LogP contribution in [0.2, 0.25) is 0 Å². The number of unbranched alkanes of at least 4 members (excludes halogenated alkanes) is 3. The largest absolute Gasteiger partial charge is 0.380 e. The molecule has 4 atom stereocenters. The summed E-state index contributed by atoms with van der Waals surface area (Å²) in [7, 11) is 0. The number of hydrogen-bond donors (Lipinski definition) is 1. The summed E-state index contributed by atoms with van der Waals surface area (Å²) in [5.74, 6) is 0. The van der Waals surface area contributed by atoms with Crippen LogP contribution in [-0.4, -0.2) is 47.7 Å². The van der Waals surface area contributed by atoms with E-state index in [2.05, 4.69) is 0 Å². The quantitative estimate of drug-likeness (QED) is 0.288. The maximum atomic E-state index is 9.90. The average Bonchev–Trinajstić information content (AvgIpc) is 2.61. The summed E-state index contributed by atoms with van der Waals surface area (Å²) < 4.78 is 22.4. The molecule has 0 saturated carbocycles. The summed E-state index contributed by atoms with van der Waals surface area (Å²) in [4.78, 5) is 0. The Bertz CT molecular complexity index is 304. The van der Waals surface area contributed by atoms with Gasteiger partial charge in [-0.25, -0.2) is 0 Å². The zero-order valence-electron chi connectivity index (χ0n) is 14.7. The predicted octanol–water partition coefficient (Wildman–Crippen LogP) is 4.15. The number of hydrogen-bond acceptors (Lipinski definition) is 5. The van der Waals surface area contributed by atoms with E-state index in [1.54, 1.807) is 0 Å². The van der Waals surface area contributed by atoms with E-state index >= 15 is 0 Å². The lowest BCUT2D eigenvalue weighted by molar-refractivity contribution is -0.198. The molecule has 2 saturated heterocycles. The summed E-state index contributed by atoms with van der Waals surface area (Å²) in [6.45, 7) is 2.41. The molecule has 2 fully saturated rings. The van der Waals surface area contributed by atoms with Crippen LogP contribution >= 0.6 is 22.6 Å². The molecular weight excluding hydrogens is 423 g/mol. The molecule has 142 valence electrons. The van der Waals surface area contributed by atoms with Crippen LogP contribution in [0.3, 0.4) is 0 Å². The minimum absolute atomic E-state index is 0.0289. The molecule has 6 heteroatoms. The lowest BCUT2D eigenvalue weighted by Crippen LogP contribution is -2.32. The molecule has 2 aliphatic rings. The molecule has 2 rings (SSSR count). The van der Waals surface area contributed by atoms with Crippen molar-refractivity contribution in [3.8, 4) is 0 Å². The molecule has 0 bridgehead atoms. The Labute approximate surface area is 159 Å². The fourth-order valence-electron chi connectivity index (χ4n) is 3.14. The molecule has 0 spiro atoms. The van der Waals surface area contributed by atoms with Gasteiger partial charge in [0, 0.05) is 19.8 Å². The second kappa shape index (κ2) is 12.8. The minimum Gasteiger partial charge on any atom is -0.380 e. The first-order chi connectivity index (χ1) is 11.8. The molecule has 0 aromatic carbocycles. The van der Waals surface area contributed by atoms with Crippen LogP contribution in [0, 0.1) is 0 Å². The predicted molar refractivity (Wildman–Crippen MR) is 101 cm³/mol. The normalized spacial score (nSPS) is 27.8. The Kier molecular flexibility index (Phi) is 11.1. The van der Waals surface area contributed by atoms with Gasteiger partial charge in [-0.15, -0.1) is 0 Å². The highest BCUT2D eigenvalue weighted by Crippen LogP contribution is 2.22. The van der Waals surface area contributed by atoms with Gasteiger partial charge in [-0.2, -0.15) is 0 Å². The van der Waals surface area contributed by atoms with E-state index < -0.39 is 4.11 Å². The minimum atomic E-state index is -0.472. The van der Waals surface area contributed by atoms with Crippen molar-refractivity contribution in [2.45, 2.75) is 93.4 Å². The second-order valence-corrected chi connectivity index (χ2v) is 7.99. The van der Waals surface area contributed by atoms with Gasteiger partial charge >= 0.3 is 0 Å². The van der Waals surface area contributed by atoms with Crippen molar-refractivity contribution < 1.29 is 24.1 Å². The van der Waals surface area contributed by atoms with E-state index in [-0.39, 0.29) is 18.7 Å². The highest BCUT2D eigenvalue weighted by atomic mass is 127. The summed E-state index contributed by atoms with van der Waals surface area (Å²) in [5, 5.41) is 9.90. The van der Waals surface area contributed by atoms with Crippen LogP contribution in [0.15, 0.2) is 0 Å². The summed E-state index contributed by atoms with van der Waals surface area (Å²) in [5.41, 5.74) is 0. The fourth-order valence-corrected chi connectivity index (χ4v) is 3.67. The molecule has 24 heavy (non-hydrogen) atoms. The van der Waals surface area contributed by atoms with Crippen molar-refractivity contribution in [1.29, 1.82) is 0 Å². The highest BCUT2D eigenvalue weighted by Gasteiger charge is 2.23. The van der Waals surface area contributed by atoms with Gasteiger partial charge < -0.3 is 24.1 Å². The van der Waals surface area contributed by atoms with Crippen molar-refractivity contribution >= 4 is 22.6 Å². The van der Waals surface area contributed by atoms with E-state index in [9.17, 15) is 5.11 Å². The molecule has 0 aliphatic carbocycles. The number of ether oxygens (including phenoxy) is 4. The third-order valence-electron chi connectivity index (χ3n) is 4.60. The van der Waals surface area contributed by atoms with Gasteiger partial charge in [0.2, 0.25) is 0 Å². The van der Waals surface area contributed by atoms with E-state index in [0.29, 0.717) is 0 Å². The number of alkyl halides is 1. The van der Waals surface area contributed by atoms with Gasteiger partial charge in [-0.1, -0.05) is 19.3 Å². The van der Waals surface area contributed by atoms with E-state index in [4.69, 9.17) is 18.9 Å². The molecule has 0 amide bonds. The van der Waals surface area contributed by atoms with E-state index in [1.165, 1.54) is 6.42 Å². The zero-order chi connectivity index (χ0) is 17.0. The third-order valence-corrected chi connectivity index (χ3v) is 5.40. The number of aliphatic hydroxyl groups is 1. The SMILES string of the molecule is OC(I)C(CCCCCCOC1CCCCO1)OC1CCCCO1. The molecule has 2 aliphatic heterocycles. The number of halogens is 1. The number of aliphatic hydroxyl groups excluding tert-OH is 1. The average molecular weight is 456 g/mol. The third kappa shape index (κ3) is 8.76. The Balaban J connectivity index is 1.47. The van der Waals surface area contributed by atoms with E-state index in [1.807, 2.05) is 22.6 Å². The summed E-state index contributed by atoms with van der Waals surface area (Å²) >= 11 is 2.04. The maximum absolute atomic E-state index is 9.90. The van der Waals surface area contributed by atoms with Gasteiger partial charge in [0.25, 0.3) is 0 Å². The number of rotatable bonds is 11. The van der Waals surface area contributed by atoms with Crippen molar-refractivity contribution in [3.05, 3.63) is 0 Å². The van der Waals surface area contributed by atoms with Crippen molar-refractivity contribution in [2.75, 3.05) is 19.8 Å². The second-order valence-electron chi connectivity index (χ2n) is 6.71. The Morgan fingerprint density at radius 3 is 2.21 bits per heavy atom. The molecule has 5 nitrogen and oxygen atoms in total. The molecule has 0 aromatic rings. The molecule has 1 N–H and O–H groups in total. The first kappa shape index (κ1) is 20.8. The fraction of sp³-hybridized carbons (Fsp3) is 1.00. The van der Waals surface area contributed by atoms with Gasteiger partial charge in [0.15, 0.2) is 12.6 Å². The van der Waals surface area contributed by atoms with Gasteiger partial charge in [0.05, 0.1) is 6.10 Å². The van der Waals surface area contributed by atoms with Crippen LogP contribution in [0.1, 0.15) is 70.6 Å². The molecule has 0 radical (unpaired) electrons. The first-order valence-corrected chi connectivity index (χ1v) is 10.8.